The number of rotatable bonds is 4. The molecule has 1 saturated heterocycles. The number of halogens is 1. The monoisotopic (exact) mass is 329 g/mol. The summed E-state index contributed by atoms with van der Waals surface area (Å²) in [5.74, 6) is -0.271. The molecule has 5 heteroatoms. The Morgan fingerprint density at radius 2 is 2.04 bits per heavy atom. The number of likely N-dealkylation sites (tertiary alicyclic amines) is 1. The molecule has 1 fully saturated rings. The molecule has 0 radical (unpaired) electrons. The van der Waals surface area contributed by atoms with Crippen LogP contribution < -0.4 is 0 Å². The molecule has 1 aliphatic rings. The summed E-state index contributed by atoms with van der Waals surface area (Å²) in [6.07, 6.45) is 5.83. The molecule has 2 heterocycles. The van der Waals surface area contributed by atoms with Crippen molar-refractivity contribution >= 4 is 6.20 Å². The van der Waals surface area contributed by atoms with E-state index in [1.165, 1.54) is 17.7 Å². The smallest absolute Gasteiger partial charge is 0.123 e. The molecule has 0 aliphatic carbocycles. The van der Waals surface area contributed by atoms with Gasteiger partial charge in [-0.3, -0.25) is 4.90 Å². The minimum absolute atomic E-state index is 0.271. The molecular formula is C19H24FN3O. The lowest BCUT2D eigenvalue weighted by Crippen LogP contribution is -2.29. The van der Waals surface area contributed by atoms with E-state index in [2.05, 4.69) is 16.6 Å². The highest BCUT2D eigenvalue weighted by atomic mass is 19.1. The van der Waals surface area contributed by atoms with Crippen LogP contribution in [0.1, 0.15) is 36.1 Å². The number of aromatic nitrogens is 2. The third-order valence-electron chi connectivity index (χ3n) is 5.00. The van der Waals surface area contributed by atoms with Gasteiger partial charge < -0.3 is 5.11 Å². The molecule has 0 unspecified atom stereocenters. The Bertz CT molecular complexity index is 710. The molecular weight excluding hydrogens is 305 g/mol. The van der Waals surface area contributed by atoms with E-state index in [0.717, 1.165) is 37.3 Å². The lowest BCUT2D eigenvalue weighted by atomic mass is 9.87. The Hall–Kier alpha value is -1.98. The van der Waals surface area contributed by atoms with E-state index in [9.17, 15) is 9.50 Å². The van der Waals surface area contributed by atoms with Crippen molar-refractivity contribution in [2.45, 2.75) is 38.3 Å². The van der Waals surface area contributed by atoms with E-state index >= 15 is 0 Å². The largest absolute Gasteiger partial charge is 0.385 e. The van der Waals surface area contributed by atoms with E-state index in [1.54, 1.807) is 23.0 Å². The quantitative estimate of drug-likeness (QED) is 0.936. The molecule has 0 bridgehead atoms. The lowest BCUT2D eigenvalue weighted by molar-refractivity contribution is 0.0209. The van der Waals surface area contributed by atoms with E-state index in [-0.39, 0.29) is 5.82 Å². The lowest BCUT2D eigenvalue weighted by Gasteiger charge is -2.27. The van der Waals surface area contributed by atoms with Gasteiger partial charge in [-0.25, -0.2) is 9.07 Å². The van der Waals surface area contributed by atoms with E-state index < -0.39 is 5.60 Å². The highest BCUT2D eigenvalue weighted by Crippen LogP contribution is 2.33. The van der Waals surface area contributed by atoms with Crippen LogP contribution in [0.15, 0.2) is 37.0 Å². The summed E-state index contributed by atoms with van der Waals surface area (Å²) in [6.45, 7) is 8.34. The summed E-state index contributed by atoms with van der Waals surface area (Å²) in [6, 6.07) is 6.23. The van der Waals surface area contributed by atoms with E-state index in [0.29, 0.717) is 12.8 Å². The average Bonchev–Trinajstić information content (AvgIpc) is 2.80. The second kappa shape index (κ2) is 6.87. The fraction of sp³-hybridized carbons (Fsp3) is 0.421. The van der Waals surface area contributed by atoms with E-state index in [1.807, 2.05) is 13.1 Å². The van der Waals surface area contributed by atoms with Crippen molar-refractivity contribution in [3.05, 3.63) is 59.7 Å². The summed E-state index contributed by atoms with van der Waals surface area (Å²) < 4.78 is 14.9. The zero-order valence-electron chi connectivity index (χ0n) is 14.1. The molecule has 1 aromatic heterocycles. The number of hydrogen-bond donors (Lipinski definition) is 1. The van der Waals surface area contributed by atoms with Gasteiger partial charge in [0, 0.05) is 30.5 Å². The van der Waals surface area contributed by atoms with Gasteiger partial charge in [0.2, 0.25) is 0 Å². The Morgan fingerprint density at radius 3 is 2.71 bits per heavy atom. The van der Waals surface area contributed by atoms with Crippen molar-refractivity contribution in [3.63, 3.8) is 0 Å². The second-order valence-corrected chi connectivity index (χ2v) is 6.55. The van der Waals surface area contributed by atoms with Gasteiger partial charge in [-0.15, -0.1) is 0 Å². The molecule has 1 aliphatic heterocycles. The van der Waals surface area contributed by atoms with E-state index in [4.69, 9.17) is 0 Å². The Balaban J connectivity index is 1.69. The third kappa shape index (κ3) is 3.42. The van der Waals surface area contributed by atoms with Crippen molar-refractivity contribution in [1.29, 1.82) is 0 Å². The zero-order chi connectivity index (χ0) is 17.2. The van der Waals surface area contributed by atoms with Gasteiger partial charge in [0.15, 0.2) is 0 Å². The van der Waals surface area contributed by atoms with Gasteiger partial charge in [-0.1, -0.05) is 18.7 Å². The molecule has 24 heavy (non-hydrogen) atoms. The Morgan fingerprint density at radius 1 is 1.29 bits per heavy atom. The summed E-state index contributed by atoms with van der Waals surface area (Å²) in [4.78, 5) is 2.35. The first-order chi connectivity index (χ1) is 11.5. The predicted molar refractivity (Wildman–Crippen MR) is 92.8 cm³/mol. The van der Waals surface area contributed by atoms with Gasteiger partial charge in [-0.05, 0) is 50.4 Å². The first kappa shape index (κ1) is 16.9. The standard InChI is InChI=1S/C19H24FN3O/c1-3-23-15(2)16(13-21-23)14-22-11-4-9-19(24,10-12-22)17-5-7-18(20)8-6-17/h3,5-8,13,24H,1,4,9-12,14H2,2H3/t19-/m0/s1. The maximum absolute atomic E-state index is 13.1. The van der Waals surface area contributed by atoms with Gasteiger partial charge >= 0.3 is 0 Å². The summed E-state index contributed by atoms with van der Waals surface area (Å²) in [5, 5.41) is 15.3. The molecule has 0 saturated carbocycles. The predicted octanol–water partition coefficient (Wildman–Crippen LogP) is 3.30. The van der Waals surface area contributed by atoms with Crippen LogP contribution in [0.3, 0.4) is 0 Å². The Labute approximate surface area is 142 Å². The van der Waals surface area contributed by atoms with Crippen LogP contribution in [0.4, 0.5) is 4.39 Å². The molecule has 128 valence electrons. The average molecular weight is 329 g/mol. The van der Waals surface area contributed by atoms with Crippen molar-refractivity contribution in [1.82, 2.24) is 14.7 Å². The van der Waals surface area contributed by atoms with Crippen molar-refractivity contribution in [3.8, 4) is 0 Å². The van der Waals surface area contributed by atoms with Gasteiger partial charge in [0.1, 0.15) is 5.82 Å². The molecule has 2 aromatic rings. The van der Waals surface area contributed by atoms with Crippen LogP contribution in [0, 0.1) is 12.7 Å². The maximum Gasteiger partial charge on any atom is 0.123 e. The van der Waals surface area contributed by atoms with Crippen molar-refractivity contribution in [2.24, 2.45) is 0 Å². The zero-order valence-corrected chi connectivity index (χ0v) is 14.1. The first-order valence-electron chi connectivity index (χ1n) is 8.38. The second-order valence-electron chi connectivity index (χ2n) is 6.55. The summed E-state index contributed by atoms with van der Waals surface area (Å²) >= 11 is 0. The molecule has 3 rings (SSSR count). The van der Waals surface area contributed by atoms with Crippen molar-refractivity contribution in [2.75, 3.05) is 13.1 Å². The van der Waals surface area contributed by atoms with Crippen LogP contribution >= 0.6 is 0 Å². The topological polar surface area (TPSA) is 41.3 Å². The molecule has 1 aromatic carbocycles. The van der Waals surface area contributed by atoms with Gasteiger partial charge in [0.05, 0.1) is 11.8 Å². The highest BCUT2D eigenvalue weighted by Gasteiger charge is 2.32. The molecule has 4 nitrogen and oxygen atoms in total. The van der Waals surface area contributed by atoms with Gasteiger partial charge in [-0.2, -0.15) is 5.10 Å². The highest BCUT2D eigenvalue weighted by molar-refractivity contribution is 5.26. The molecule has 1 atom stereocenters. The number of hydrogen-bond acceptors (Lipinski definition) is 3. The van der Waals surface area contributed by atoms with Gasteiger partial charge in [0.25, 0.3) is 0 Å². The maximum atomic E-state index is 13.1. The van der Waals surface area contributed by atoms with Crippen LogP contribution in [-0.4, -0.2) is 32.9 Å². The molecule has 0 spiro atoms. The number of nitrogens with zero attached hydrogens (tertiary/aromatic N) is 3. The normalized spacial score (nSPS) is 22.3. The molecule has 1 N–H and O–H groups in total. The van der Waals surface area contributed by atoms with Crippen LogP contribution in [0.5, 0.6) is 0 Å². The Kier molecular flexibility index (Phi) is 4.83. The van der Waals surface area contributed by atoms with Crippen molar-refractivity contribution < 1.29 is 9.50 Å². The third-order valence-corrected chi connectivity index (χ3v) is 5.00. The van der Waals surface area contributed by atoms with Crippen LogP contribution in [-0.2, 0) is 12.1 Å². The fourth-order valence-corrected chi connectivity index (χ4v) is 3.42. The number of aliphatic hydroxyl groups is 1. The minimum Gasteiger partial charge on any atom is -0.385 e. The SMILES string of the molecule is C=Cn1ncc(CN2CCC[C@@](O)(c3ccc(F)cc3)CC2)c1C. The summed E-state index contributed by atoms with van der Waals surface area (Å²) in [7, 11) is 0. The first-order valence-corrected chi connectivity index (χ1v) is 8.38. The summed E-state index contributed by atoms with van der Waals surface area (Å²) in [5.41, 5.74) is 2.22. The number of benzene rings is 1. The van der Waals surface area contributed by atoms with Crippen LogP contribution in [0.2, 0.25) is 0 Å². The van der Waals surface area contributed by atoms with Crippen LogP contribution in [0.25, 0.3) is 6.20 Å². The molecule has 0 amide bonds. The minimum atomic E-state index is -0.872. The fourth-order valence-electron chi connectivity index (χ4n) is 3.42.